The predicted octanol–water partition coefficient (Wildman–Crippen LogP) is 4.20. The number of nitrogens with zero attached hydrogens (tertiary/aromatic N) is 3. The molecule has 34 heavy (non-hydrogen) atoms. The molecule has 7 heteroatoms. The first-order chi connectivity index (χ1) is 16.1. The third-order valence-corrected chi connectivity index (χ3v) is 7.42. The van der Waals surface area contributed by atoms with E-state index >= 15 is 0 Å². The van der Waals surface area contributed by atoms with E-state index in [9.17, 15) is 4.79 Å². The molecular weight excluding hydrogens is 426 g/mol. The number of H-pyrrole nitrogens is 2. The molecule has 0 bridgehead atoms. The molecule has 3 heterocycles. The van der Waals surface area contributed by atoms with Gasteiger partial charge in [0.2, 0.25) is 5.91 Å². The van der Waals surface area contributed by atoms with Crippen molar-refractivity contribution < 1.29 is 9.53 Å². The minimum Gasteiger partial charge on any atom is -0.381 e. The van der Waals surface area contributed by atoms with Gasteiger partial charge in [0.15, 0.2) is 0 Å². The smallest absolute Gasteiger partial charge is 0.236 e. The van der Waals surface area contributed by atoms with E-state index in [1.807, 2.05) is 11.9 Å². The van der Waals surface area contributed by atoms with Crippen molar-refractivity contribution in [2.75, 3.05) is 33.8 Å². The maximum atomic E-state index is 13.0. The SMILES string of the molecule is COC1CCN(CC(=O)N(C)C2C=Cc3cc(-c4n[nH]c(C)c4CCC(C)(C)C)[nH]c3C2)CC1. The number of likely N-dealkylation sites (N-methyl/N-ethyl adjacent to an activating group) is 1. The highest BCUT2D eigenvalue weighted by molar-refractivity contribution is 5.79. The number of nitrogens with one attached hydrogen (secondary N) is 2. The molecule has 1 aliphatic heterocycles. The Kier molecular flexibility index (Phi) is 7.33. The summed E-state index contributed by atoms with van der Waals surface area (Å²) in [7, 11) is 3.70. The lowest BCUT2D eigenvalue weighted by Crippen LogP contribution is -2.46. The summed E-state index contributed by atoms with van der Waals surface area (Å²) in [5.41, 5.74) is 7.15. The number of amides is 1. The predicted molar refractivity (Wildman–Crippen MR) is 137 cm³/mol. The van der Waals surface area contributed by atoms with Crippen LogP contribution in [0.15, 0.2) is 12.1 Å². The first-order valence-electron chi connectivity index (χ1n) is 12.6. The lowest BCUT2D eigenvalue weighted by Gasteiger charge is -2.33. The van der Waals surface area contributed by atoms with Crippen LogP contribution in [0.1, 0.15) is 62.5 Å². The summed E-state index contributed by atoms with van der Waals surface area (Å²) < 4.78 is 5.45. The van der Waals surface area contributed by atoms with E-state index in [2.05, 4.69) is 66.0 Å². The van der Waals surface area contributed by atoms with E-state index in [1.165, 1.54) is 16.8 Å². The van der Waals surface area contributed by atoms with Crippen molar-refractivity contribution in [3.8, 4) is 11.4 Å². The quantitative estimate of drug-likeness (QED) is 0.640. The highest BCUT2D eigenvalue weighted by Gasteiger charge is 2.27. The fourth-order valence-electron chi connectivity index (χ4n) is 4.99. The normalized spacial score (nSPS) is 19.4. The second kappa shape index (κ2) is 10.1. The molecule has 2 aliphatic rings. The minimum atomic E-state index is 0.0595. The van der Waals surface area contributed by atoms with Crippen LogP contribution in [0.5, 0.6) is 0 Å². The van der Waals surface area contributed by atoms with Gasteiger partial charge < -0.3 is 14.6 Å². The lowest BCUT2D eigenvalue weighted by molar-refractivity contribution is -0.133. The molecule has 4 rings (SSSR count). The Morgan fingerprint density at radius 2 is 2.03 bits per heavy atom. The zero-order chi connectivity index (χ0) is 24.5. The standard InChI is InChI=1S/C27H41N5O2/c1-18-22(9-12-27(2,3)4)26(30-29-18)24-15-19-7-8-20(16-23(19)28-24)31(5)25(33)17-32-13-10-21(34-6)11-14-32/h7-8,15,20-21,28H,9-14,16-17H2,1-6H3,(H,29,30). The average Bonchev–Trinajstić information content (AvgIpc) is 3.39. The summed E-state index contributed by atoms with van der Waals surface area (Å²) in [5, 5.41) is 7.82. The molecule has 1 unspecified atom stereocenters. The van der Waals surface area contributed by atoms with Gasteiger partial charge >= 0.3 is 0 Å². The molecule has 2 aromatic heterocycles. The van der Waals surface area contributed by atoms with Crippen LogP contribution >= 0.6 is 0 Å². The fourth-order valence-corrected chi connectivity index (χ4v) is 4.99. The molecule has 0 spiro atoms. The molecule has 1 saturated heterocycles. The summed E-state index contributed by atoms with van der Waals surface area (Å²) in [6.07, 6.45) is 9.53. The van der Waals surface area contributed by atoms with Gasteiger partial charge in [-0.25, -0.2) is 0 Å². The summed E-state index contributed by atoms with van der Waals surface area (Å²) >= 11 is 0. The van der Waals surface area contributed by atoms with Crippen molar-refractivity contribution in [2.45, 2.75) is 71.9 Å². The Bertz CT molecular complexity index is 1020. The van der Waals surface area contributed by atoms with E-state index < -0.39 is 0 Å². The van der Waals surface area contributed by atoms with Crippen LogP contribution in [0, 0.1) is 12.3 Å². The first kappa shape index (κ1) is 24.7. The zero-order valence-corrected chi connectivity index (χ0v) is 21.7. The van der Waals surface area contributed by atoms with Gasteiger partial charge in [-0.05, 0) is 49.7 Å². The van der Waals surface area contributed by atoms with Crippen LogP contribution in [0.25, 0.3) is 17.5 Å². The molecule has 2 N–H and O–H groups in total. The molecule has 1 fully saturated rings. The number of hydrogen-bond donors (Lipinski definition) is 2. The topological polar surface area (TPSA) is 77.2 Å². The number of methoxy groups -OCH3 is 1. The first-order valence-corrected chi connectivity index (χ1v) is 12.6. The van der Waals surface area contributed by atoms with Crippen molar-refractivity contribution in [1.82, 2.24) is 25.0 Å². The van der Waals surface area contributed by atoms with Gasteiger partial charge in [0, 0.05) is 50.6 Å². The summed E-state index contributed by atoms with van der Waals surface area (Å²) in [6, 6.07) is 2.25. The molecule has 7 nitrogen and oxygen atoms in total. The van der Waals surface area contributed by atoms with Crippen molar-refractivity contribution >= 4 is 12.0 Å². The lowest BCUT2D eigenvalue weighted by atomic mass is 9.88. The number of carbonyl (C=O) groups is 1. The van der Waals surface area contributed by atoms with Crippen LogP contribution in [-0.4, -0.2) is 76.8 Å². The number of hydrogen-bond acceptors (Lipinski definition) is 4. The Labute approximate surface area is 203 Å². The van der Waals surface area contributed by atoms with E-state index in [4.69, 9.17) is 4.74 Å². The monoisotopic (exact) mass is 467 g/mol. The third kappa shape index (κ3) is 5.63. The number of rotatable bonds is 7. The average molecular weight is 468 g/mol. The molecule has 186 valence electrons. The van der Waals surface area contributed by atoms with E-state index in [1.54, 1.807) is 7.11 Å². The molecule has 2 aromatic rings. The maximum Gasteiger partial charge on any atom is 0.236 e. The number of likely N-dealkylation sites (tertiary alicyclic amines) is 1. The van der Waals surface area contributed by atoms with Crippen LogP contribution in [0.2, 0.25) is 0 Å². The highest BCUT2D eigenvalue weighted by atomic mass is 16.5. The van der Waals surface area contributed by atoms with Gasteiger partial charge in [0.25, 0.3) is 0 Å². The van der Waals surface area contributed by atoms with Gasteiger partial charge in [0.1, 0.15) is 5.69 Å². The Morgan fingerprint density at radius 1 is 1.29 bits per heavy atom. The van der Waals surface area contributed by atoms with Crippen LogP contribution in [0.3, 0.4) is 0 Å². The Hall–Kier alpha value is -2.38. The zero-order valence-electron chi connectivity index (χ0n) is 21.7. The van der Waals surface area contributed by atoms with Gasteiger partial charge in [-0.1, -0.05) is 32.9 Å². The molecule has 1 aliphatic carbocycles. The Morgan fingerprint density at radius 3 is 2.71 bits per heavy atom. The number of fused-ring (bicyclic) bond motifs is 1. The molecule has 1 atom stereocenters. The van der Waals surface area contributed by atoms with Gasteiger partial charge in [-0.3, -0.25) is 14.8 Å². The summed E-state index contributed by atoms with van der Waals surface area (Å²) in [5.74, 6) is 0.174. The second-order valence-corrected chi connectivity index (χ2v) is 11.2. The molecule has 1 amide bonds. The van der Waals surface area contributed by atoms with Crippen molar-refractivity contribution in [2.24, 2.45) is 5.41 Å². The number of aryl methyl sites for hydroxylation is 1. The van der Waals surface area contributed by atoms with E-state index in [0.717, 1.165) is 62.3 Å². The maximum absolute atomic E-state index is 13.0. The van der Waals surface area contributed by atoms with Gasteiger partial charge in [-0.2, -0.15) is 5.10 Å². The summed E-state index contributed by atoms with van der Waals surface area (Å²) in [4.78, 5) is 20.8. The van der Waals surface area contributed by atoms with Crippen molar-refractivity contribution in [3.05, 3.63) is 34.7 Å². The minimum absolute atomic E-state index is 0.0595. The van der Waals surface area contributed by atoms with Gasteiger partial charge in [0.05, 0.1) is 24.4 Å². The fraction of sp³-hybridized carbons (Fsp3) is 0.630. The number of carbonyl (C=O) groups excluding carboxylic acids is 1. The van der Waals surface area contributed by atoms with E-state index in [-0.39, 0.29) is 17.4 Å². The van der Waals surface area contributed by atoms with Crippen LogP contribution < -0.4 is 0 Å². The van der Waals surface area contributed by atoms with Crippen LogP contribution in [0.4, 0.5) is 0 Å². The molecule has 0 saturated carbocycles. The van der Waals surface area contributed by atoms with Gasteiger partial charge in [-0.15, -0.1) is 0 Å². The van der Waals surface area contributed by atoms with Crippen molar-refractivity contribution in [3.63, 3.8) is 0 Å². The Balaban J connectivity index is 1.41. The van der Waals surface area contributed by atoms with E-state index in [0.29, 0.717) is 12.6 Å². The number of aromatic amines is 2. The number of ether oxygens (including phenoxy) is 1. The second-order valence-electron chi connectivity index (χ2n) is 11.2. The third-order valence-electron chi connectivity index (χ3n) is 7.42. The highest BCUT2D eigenvalue weighted by Crippen LogP contribution is 2.32. The molecule has 0 aromatic carbocycles. The van der Waals surface area contributed by atoms with Crippen molar-refractivity contribution in [1.29, 1.82) is 0 Å². The largest absolute Gasteiger partial charge is 0.381 e. The number of piperidine rings is 1. The summed E-state index contributed by atoms with van der Waals surface area (Å²) in [6.45, 7) is 11.3. The molecule has 0 radical (unpaired) electrons. The molecular formula is C27H41N5O2. The number of aromatic nitrogens is 3. The van der Waals surface area contributed by atoms with Crippen LogP contribution in [-0.2, 0) is 22.4 Å².